The lowest BCUT2D eigenvalue weighted by Gasteiger charge is -2.30. The highest BCUT2D eigenvalue weighted by Gasteiger charge is 2.27. The Morgan fingerprint density at radius 1 is 1.44 bits per heavy atom. The standard InChI is InChI=1S/C19H24N4O2/c1-23-8-7-21-19(23)18(15-5-9-25-10-6-15)22-13-14-3-4-17(24-2)16(11-14)12-20/h3-4,7-8,11,15,18,22H,5-6,9-10,13H2,1-2H3/t18-/m1/s1. The molecule has 0 aliphatic carbocycles. The average Bonchev–Trinajstić information content (AvgIpc) is 3.08. The molecule has 1 aromatic heterocycles. The van der Waals surface area contributed by atoms with Gasteiger partial charge in [0, 0.05) is 39.2 Å². The molecule has 1 atom stereocenters. The highest BCUT2D eigenvalue weighted by molar-refractivity contribution is 5.45. The fraction of sp³-hybridized carbons (Fsp3) is 0.474. The predicted molar refractivity (Wildman–Crippen MR) is 94.0 cm³/mol. The van der Waals surface area contributed by atoms with Crippen molar-refractivity contribution in [2.45, 2.75) is 25.4 Å². The van der Waals surface area contributed by atoms with Gasteiger partial charge in [0.2, 0.25) is 0 Å². The summed E-state index contributed by atoms with van der Waals surface area (Å²) in [7, 11) is 3.61. The summed E-state index contributed by atoms with van der Waals surface area (Å²) in [6.45, 7) is 2.27. The zero-order valence-electron chi connectivity index (χ0n) is 14.7. The molecule has 132 valence electrons. The van der Waals surface area contributed by atoms with Crippen LogP contribution in [-0.2, 0) is 18.3 Å². The van der Waals surface area contributed by atoms with Crippen molar-refractivity contribution in [3.63, 3.8) is 0 Å². The van der Waals surface area contributed by atoms with E-state index in [0.717, 1.165) is 37.4 Å². The van der Waals surface area contributed by atoms with Crippen LogP contribution in [0, 0.1) is 17.2 Å². The molecule has 3 rings (SSSR count). The third kappa shape index (κ3) is 4.01. The Labute approximate surface area is 148 Å². The van der Waals surface area contributed by atoms with Crippen molar-refractivity contribution in [2.24, 2.45) is 13.0 Å². The minimum Gasteiger partial charge on any atom is -0.495 e. The summed E-state index contributed by atoms with van der Waals surface area (Å²) in [4.78, 5) is 4.55. The van der Waals surface area contributed by atoms with Crippen LogP contribution in [0.25, 0.3) is 0 Å². The minimum atomic E-state index is 0.163. The summed E-state index contributed by atoms with van der Waals surface area (Å²) in [5.41, 5.74) is 1.62. The molecule has 0 amide bonds. The maximum absolute atomic E-state index is 9.26. The van der Waals surface area contributed by atoms with Crippen LogP contribution in [-0.4, -0.2) is 29.9 Å². The Bertz CT molecular complexity index is 744. The van der Waals surface area contributed by atoms with E-state index in [1.807, 2.05) is 37.6 Å². The lowest BCUT2D eigenvalue weighted by Crippen LogP contribution is -2.33. The molecule has 2 aromatic rings. The van der Waals surface area contributed by atoms with E-state index in [1.54, 1.807) is 7.11 Å². The van der Waals surface area contributed by atoms with Gasteiger partial charge in [-0.2, -0.15) is 5.26 Å². The number of hydrogen-bond acceptors (Lipinski definition) is 5. The number of aryl methyl sites for hydroxylation is 1. The first kappa shape index (κ1) is 17.5. The topological polar surface area (TPSA) is 72.1 Å². The number of aromatic nitrogens is 2. The van der Waals surface area contributed by atoms with E-state index in [0.29, 0.717) is 23.8 Å². The molecule has 0 bridgehead atoms. The minimum absolute atomic E-state index is 0.163. The molecule has 25 heavy (non-hydrogen) atoms. The molecule has 1 saturated heterocycles. The number of hydrogen-bond donors (Lipinski definition) is 1. The molecule has 0 radical (unpaired) electrons. The molecule has 2 heterocycles. The van der Waals surface area contributed by atoms with Gasteiger partial charge in [0.1, 0.15) is 17.6 Å². The van der Waals surface area contributed by atoms with Gasteiger partial charge in [0.05, 0.1) is 18.7 Å². The number of benzene rings is 1. The SMILES string of the molecule is COc1ccc(CN[C@@H](c2nccn2C)C2CCOCC2)cc1C#N. The lowest BCUT2D eigenvalue weighted by atomic mass is 9.91. The number of nitrogens with zero attached hydrogens (tertiary/aromatic N) is 3. The van der Waals surface area contributed by atoms with Crippen LogP contribution in [0.15, 0.2) is 30.6 Å². The molecule has 6 nitrogen and oxygen atoms in total. The molecule has 6 heteroatoms. The van der Waals surface area contributed by atoms with Gasteiger partial charge in [-0.1, -0.05) is 6.07 Å². The number of imidazole rings is 1. The quantitative estimate of drug-likeness (QED) is 0.875. The first-order valence-electron chi connectivity index (χ1n) is 8.58. The number of nitriles is 1. The Kier molecular flexibility index (Phi) is 5.69. The summed E-state index contributed by atoms with van der Waals surface area (Å²) in [6, 6.07) is 8.07. The Hall–Kier alpha value is -2.36. The van der Waals surface area contributed by atoms with Gasteiger partial charge in [-0.25, -0.2) is 4.98 Å². The van der Waals surface area contributed by atoms with E-state index in [9.17, 15) is 5.26 Å². The summed E-state index contributed by atoms with van der Waals surface area (Å²) >= 11 is 0. The van der Waals surface area contributed by atoms with Crippen molar-refractivity contribution in [3.8, 4) is 11.8 Å². The van der Waals surface area contributed by atoms with Crippen LogP contribution in [0.3, 0.4) is 0 Å². The van der Waals surface area contributed by atoms with Gasteiger partial charge in [0.15, 0.2) is 0 Å². The van der Waals surface area contributed by atoms with Crippen molar-refractivity contribution in [3.05, 3.63) is 47.5 Å². The van der Waals surface area contributed by atoms with Crippen LogP contribution < -0.4 is 10.1 Å². The summed E-state index contributed by atoms with van der Waals surface area (Å²) < 4.78 is 12.8. The Morgan fingerprint density at radius 3 is 2.88 bits per heavy atom. The van der Waals surface area contributed by atoms with Gasteiger partial charge in [-0.3, -0.25) is 0 Å². The first-order chi connectivity index (χ1) is 12.2. The van der Waals surface area contributed by atoms with E-state index in [1.165, 1.54) is 0 Å². The van der Waals surface area contributed by atoms with E-state index < -0.39 is 0 Å². The van der Waals surface area contributed by atoms with E-state index in [4.69, 9.17) is 9.47 Å². The second-order valence-electron chi connectivity index (χ2n) is 6.35. The molecule has 1 N–H and O–H groups in total. The van der Waals surface area contributed by atoms with Gasteiger partial charge in [-0.15, -0.1) is 0 Å². The van der Waals surface area contributed by atoms with Crippen LogP contribution in [0.4, 0.5) is 0 Å². The third-order valence-corrected chi connectivity index (χ3v) is 4.78. The summed E-state index contributed by atoms with van der Waals surface area (Å²) in [5.74, 6) is 2.14. The van der Waals surface area contributed by atoms with E-state index in [-0.39, 0.29) is 6.04 Å². The second-order valence-corrected chi connectivity index (χ2v) is 6.35. The first-order valence-corrected chi connectivity index (χ1v) is 8.58. The van der Waals surface area contributed by atoms with Gasteiger partial charge >= 0.3 is 0 Å². The van der Waals surface area contributed by atoms with Crippen LogP contribution in [0.5, 0.6) is 5.75 Å². The number of methoxy groups -OCH3 is 1. The van der Waals surface area contributed by atoms with Crippen LogP contribution in [0.2, 0.25) is 0 Å². The fourth-order valence-corrected chi connectivity index (χ4v) is 3.38. The molecule has 1 fully saturated rings. The molecule has 1 aliphatic rings. The number of rotatable bonds is 6. The maximum Gasteiger partial charge on any atom is 0.136 e. The van der Waals surface area contributed by atoms with Crippen LogP contribution >= 0.6 is 0 Å². The van der Waals surface area contributed by atoms with Crippen molar-refractivity contribution >= 4 is 0 Å². The summed E-state index contributed by atoms with van der Waals surface area (Å²) in [6.07, 6.45) is 5.86. The molecule has 0 saturated carbocycles. The molecule has 1 aliphatic heterocycles. The highest BCUT2D eigenvalue weighted by Crippen LogP contribution is 2.29. The monoisotopic (exact) mass is 340 g/mol. The molecular formula is C19H24N4O2. The van der Waals surface area contributed by atoms with E-state index in [2.05, 4.69) is 20.9 Å². The zero-order chi connectivity index (χ0) is 17.6. The highest BCUT2D eigenvalue weighted by atomic mass is 16.5. The van der Waals surface area contributed by atoms with Crippen molar-refractivity contribution < 1.29 is 9.47 Å². The molecule has 0 spiro atoms. The second kappa shape index (κ2) is 8.15. The van der Waals surface area contributed by atoms with Crippen molar-refractivity contribution in [1.29, 1.82) is 5.26 Å². The van der Waals surface area contributed by atoms with Gasteiger partial charge in [-0.05, 0) is 36.5 Å². The Balaban J connectivity index is 1.77. The average molecular weight is 340 g/mol. The normalized spacial score (nSPS) is 16.4. The Morgan fingerprint density at radius 2 is 2.24 bits per heavy atom. The van der Waals surface area contributed by atoms with Gasteiger partial charge < -0.3 is 19.4 Å². The molecular weight excluding hydrogens is 316 g/mol. The van der Waals surface area contributed by atoms with Crippen LogP contribution in [0.1, 0.15) is 35.8 Å². The van der Waals surface area contributed by atoms with E-state index >= 15 is 0 Å². The maximum atomic E-state index is 9.26. The lowest BCUT2D eigenvalue weighted by molar-refractivity contribution is 0.0518. The zero-order valence-corrected chi connectivity index (χ0v) is 14.7. The van der Waals surface area contributed by atoms with Crippen molar-refractivity contribution in [1.82, 2.24) is 14.9 Å². The van der Waals surface area contributed by atoms with Crippen molar-refractivity contribution in [2.75, 3.05) is 20.3 Å². The predicted octanol–water partition coefficient (Wildman–Crippen LogP) is 2.56. The summed E-state index contributed by atoms with van der Waals surface area (Å²) in [5, 5.41) is 12.9. The largest absolute Gasteiger partial charge is 0.495 e. The molecule has 0 unspecified atom stereocenters. The van der Waals surface area contributed by atoms with Gasteiger partial charge in [0.25, 0.3) is 0 Å². The number of nitrogens with one attached hydrogen (secondary N) is 1. The smallest absolute Gasteiger partial charge is 0.136 e. The fourth-order valence-electron chi connectivity index (χ4n) is 3.38. The molecule has 1 aromatic carbocycles. The number of ether oxygens (including phenoxy) is 2. The third-order valence-electron chi connectivity index (χ3n) is 4.78.